The summed E-state index contributed by atoms with van der Waals surface area (Å²) in [5.41, 5.74) is 1.28. The summed E-state index contributed by atoms with van der Waals surface area (Å²) in [6.45, 7) is 5.19. The fourth-order valence-electron chi connectivity index (χ4n) is 3.31. The molecule has 0 unspecified atom stereocenters. The van der Waals surface area contributed by atoms with Gasteiger partial charge in [-0.25, -0.2) is 8.42 Å². The lowest BCUT2D eigenvalue weighted by molar-refractivity contribution is -0.131. The van der Waals surface area contributed by atoms with Gasteiger partial charge in [-0.05, 0) is 31.5 Å². The first-order valence-electron chi connectivity index (χ1n) is 9.19. The number of rotatable bonds is 7. The topological polar surface area (TPSA) is 59.4 Å². The van der Waals surface area contributed by atoms with Crippen LogP contribution in [0.3, 0.4) is 0 Å². The van der Waals surface area contributed by atoms with Crippen LogP contribution >= 0.6 is 11.6 Å². The van der Waals surface area contributed by atoms with Crippen molar-refractivity contribution in [3.05, 3.63) is 65.3 Å². The maximum absolute atomic E-state index is 13.1. The molecule has 0 aliphatic carbocycles. The van der Waals surface area contributed by atoms with E-state index in [-0.39, 0.29) is 23.1 Å². The Morgan fingerprint density at radius 2 is 1.68 bits per heavy atom. The summed E-state index contributed by atoms with van der Waals surface area (Å²) in [6, 6.07) is 14.2. The zero-order valence-electron chi connectivity index (χ0n) is 15.9. The first-order chi connectivity index (χ1) is 13.4. The molecule has 1 aromatic heterocycles. The van der Waals surface area contributed by atoms with E-state index in [1.165, 1.54) is 0 Å². The molecule has 7 heteroatoms. The molecule has 0 atom stereocenters. The van der Waals surface area contributed by atoms with Crippen molar-refractivity contribution < 1.29 is 13.2 Å². The molecule has 3 aromatic rings. The van der Waals surface area contributed by atoms with Crippen molar-refractivity contribution in [3.63, 3.8) is 0 Å². The van der Waals surface area contributed by atoms with Crippen LogP contribution in [0.2, 0.25) is 5.02 Å². The smallest absolute Gasteiger partial charge is 0.242 e. The third kappa shape index (κ3) is 4.08. The van der Waals surface area contributed by atoms with Gasteiger partial charge in [0.05, 0.1) is 10.6 Å². The van der Waals surface area contributed by atoms with Gasteiger partial charge in [-0.15, -0.1) is 0 Å². The largest absolute Gasteiger partial charge is 0.342 e. The second-order valence-corrected chi connectivity index (χ2v) is 8.92. The van der Waals surface area contributed by atoms with Gasteiger partial charge in [0.1, 0.15) is 6.54 Å². The Morgan fingerprint density at radius 3 is 2.36 bits per heavy atom. The predicted octanol–water partition coefficient (Wildman–Crippen LogP) is 4.14. The van der Waals surface area contributed by atoms with E-state index in [0.717, 1.165) is 5.52 Å². The van der Waals surface area contributed by atoms with Gasteiger partial charge in [0, 0.05) is 35.2 Å². The number of carbonyl (C=O) groups excluding carboxylic acids is 1. The number of halogens is 1. The molecule has 0 bridgehead atoms. The molecular weight excluding hydrogens is 396 g/mol. The molecule has 0 fully saturated rings. The number of fused-ring (bicyclic) bond motifs is 1. The molecular formula is C21H23ClN2O3S. The average molecular weight is 419 g/mol. The molecule has 0 spiro atoms. The maximum Gasteiger partial charge on any atom is 0.242 e. The Kier molecular flexibility index (Phi) is 6.10. The number of benzene rings is 2. The Labute approximate surface area is 170 Å². The van der Waals surface area contributed by atoms with Gasteiger partial charge in [0.25, 0.3) is 0 Å². The predicted molar refractivity (Wildman–Crippen MR) is 112 cm³/mol. The zero-order valence-corrected chi connectivity index (χ0v) is 17.5. The van der Waals surface area contributed by atoms with Gasteiger partial charge in [-0.1, -0.05) is 48.0 Å². The van der Waals surface area contributed by atoms with Crippen LogP contribution in [0.1, 0.15) is 19.4 Å². The van der Waals surface area contributed by atoms with E-state index >= 15 is 0 Å². The van der Waals surface area contributed by atoms with E-state index < -0.39 is 9.84 Å². The summed E-state index contributed by atoms with van der Waals surface area (Å²) < 4.78 is 28.0. The number of likely N-dealkylation sites (N-methyl/N-ethyl adjacent to an activating group) is 1. The first-order valence-corrected chi connectivity index (χ1v) is 11.2. The molecule has 3 rings (SSSR count). The van der Waals surface area contributed by atoms with Crippen molar-refractivity contribution in [2.24, 2.45) is 0 Å². The SMILES string of the molecule is CCN(CC)C(=O)Cn1cc(S(=O)(=O)Cc2ccccc2Cl)c2ccccc21. The normalized spacial score (nSPS) is 11.7. The fraction of sp³-hybridized carbons (Fsp3) is 0.286. The number of hydrogen-bond acceptors (Lipinski definition) is 3. The quantitative estimate of drug-likeness (QED) is 0.579. The first kappa shape index (κ1) is 20.4. The summed E-state index contributed by atoms with van der Waals surface area (Å²) in [4.78, 5) is 14.5. The number of nitrogens with zero attached hydrogens (tertiary/aromatic N) is 2. The molecule has 2 aromatic carbocycles. The van der Waals surface area contributed by atoms with Crippen LogP contribution in [0.5, 0.6) is 0 Å². The highest BCUT2D eigenvalue weighted by molar-refractivity contribution is 7.90. The minimum absolute atomic E-state index is 0.0409. The molecule has 0 N–H and O–H groups in total. The van der Waals surface area contributed by atoms with Crippen LogP contribution < -0.4 is 0 Å². The summed E-state index contributed by atoms with van der Waals surface area (Å²) >= 11 is 6.16. The second-order valence-electron chi connectivity index (χ2n) is 6.55. The summed E-state index contributed by atoms with van der Waals surface area (Å²) in [5, 5.41) is 1.04. The van der Waals surface area contributed by atoms with Crippen molar-refractivity contribution in [1.82, 2.24) is 9.47 Å². The van der Waals surface area contributed by atoms with Gasteiger partial charge >= 0.3 is 0 Å². The standard InChI is InChI=1S/C21H23ClN2O3S/c1-3-23(4-2)21(25)14-24-13-20(17-10-6-8-12-19(17)24)28(26,27)15-16-9-5-7-11-18(16)22/h5-13H,3-4,14-15H2,1-2H3. The lowest BCUT2D eigenvalue weighted by Gasteiger charge is -2.19. The Hall–Kier alpha value is -2.31. The van der Waals surface area contributed by atoms with Crippen LogP contribution in [0.25, 0.3) is 10.9 Å². The lowest BCUT2D eigenvalue weighted by Crippen LogP contribution is -2.33. The summed E-state index contributed by atoms with van der Waals surface area (Å²) in [7, 11) is -3.64. The van der Waals surface area contributed by atoms with E-state index in [4.69, 9.17) is 11.6 Å². The second kappa shape index (κ2) is 8.37. The number of sulfone groups is 1. The minimum Gasteiger partial charge on any atom is -0.342 e. The monoisotopic (exact) mass is 418 g/mol. The molecule has 5 nitrogen and oxygen atoms in total. The fourth-order valence-corrected chi connectivity index (χ4v) is 5.21. The number of hydrogen-bond donors (Lipinski definition) is 0. The van der Waals surface area contributed by atoms with Crippen LogP contribution in [0.4, 0.5) is 0 Å². The third-order valence-electron chi connectivity index (χ3n) is 4.81. The number of aromatic nitrogens is 1. The lowest BCUT2D eigenvalue weighted by atomic mass is 10.2. The molecule has 0 saturated carbocycles. The van der Waals surface area contributed by atoms with E-state index in [9.17, 15) is 13.2 Å². The van der Waals surface area contributed by atoms with Crippen molar-refractivity contribution in [2.75, 3.05) is 13.1 Å². The highest BCUT2D eigenvalue weighted by Gasteiger charge is 2.23. The molecule has 1 heterocycles. The Bertz CT molecular complexity index is 1100. The molecule has 0 aliphatic rings. The number of para-hydroxylation sites is 1. The highest BCUT2D eigenvalue weighted by Crippen LogP contribution is 2.29. The highest BCUT2D eigenvalue weighted by atomic mass is 35.5. The van der Waals surface area contributed by atoms with Gasteiger partial charge in [-0.3, -0.25) is 4.79 Å². The van der Waals surface area contributed by atoms with Gasteiger partial charge < -0.3 is 9.47 Å². The third-order valence-corrected chi connectivity index (χ3v) is 6.87. The van der Waals surface area contributed by atoms with Crippen LogP contribution in [0, 0.1) is 0 Å². The molecule has 1 amide bonds. The molecule has 0 aliphatic heterocycles. The molecule has 0 saturated heterocycles. The van der Waals surface area contributed by atoms with Crippen molar-refractivity contribution in [1.29, 1.82) is 0 Å². The van der Waals surface area contributed by atoms with Crippen molar-refractivity contribution >= 4 is 38.2 Å². The van der Waals surface area contributed by atoms with E-state index in [1.807, 2.05) is 26.0 Å². The summed E-state index contributed by atoms with van der Waals surface area (Å²) in [6.07, 6.45) is 1.57. The average Bonchev–Trinajstić information content (AvgIpc) is 3.04. The van der Waals surface area contributed by atoms with E-state index in [0.29, 0.717) is 29.1 Å². The molecule has 28 heavy (non-hydrogen) atoms. The maximum atomic E-state index is 13.1. The van der Waals surface area contributed by atoms with Gasteiger partial charge in [0.2, 0.25) is 5.91 Å². The summed E-state index contributed by atoms with van der Waals surface area (Å²) in [5.74, 6) is -0.231. The van der Waals surface area contributed by atoms with Gasteiger partial charge in [-0.2, -0.15) is 0 Å². The van der Waals surface area contributed by atoms with Crippen molar-refractivity contribution in [3.8, 4) is 0 Å². The van der Waals surface area contributed by atoms with Crippen LogP contribution in [-0.4, -0.2) is 36.9 Å². The molecule has 148 valence electrons. The number of carbonyl (C=O) groups is 1. The van der Waals surface area contributed by atoms with Gasteiger partial charge in [0.15, 0.2) is 9.84 Å². The Morgan fingerprint density at radius 1 is 1.04 bits per heavy atom. The van der Waals surface area contributed by atoms with E-state index in [1.54, 1.807) is 52.1 Å². The van der Waals surface area contributed by atoms with Crippen LogP contribution in [-0.2, 0) is 26.9 Å². The zero-order chi connectivity index (χ0) is 20.3. The van der Waals surface area contributed by atoms with E-state index in [2.05, 4.69) is 0 Å². The minimum atomic E-state index is -3.64. The Balaban J connectivity index is 2.02. The molecule has 0 radical (unpaired) electrons. The van der Waals surface area contributed by atoms with Crippen molar-refractivity contribution in [2.45, 2.75) is 31.0 Å². The van der Waals surface area contributed by atoms with Crippen LogP contribution in [0.15, 0.2) is 59.6 Å². The number of amides is 1.